The van der Waals surface area contributed by atoms with E-state index in [4.69, 9.17) is 9.47 Å². The van der Waals surface area contributed by atoms with Gasteiger partial charge in [0.2, 0.25) is 0 Å². The van der Waals surface area contributed by atoms with Gasteiger partial charge < -0.3 is 14.8 Å². The molecule has 1 heterocycles. The summed E-state index contributed by atoms with van der Waals surface area (Å²) in [5.41, 5.74) is 0. The molecule has 82 valence electrons. The molecule has 1 N–H and O–H groups in total. The van der Waals surface area contributed by atoms with Crippen LogP contribution >= 0.6 is 0 Å². The SMILES string of the molecule is COCCCOC(=O)[C@@H]1CCCNC1. The molecular formula is C10H19NO3. The number of ether oxygens (including phenoxy) is 2. The van der Waals surface area contributed by atoms with Crippen molar-refractivity contribution in [3.63, 3.8) is 0 Å². The average molecular weight is 201 g/mol. The van der Waals surface area contributed by atoms with Crippen LogP contribution < -0.4 is 5.32 Å². The summed E-state index contributed by atoms with van der Waals surface area (Å²) in [6.07, 6.45) is 2.80. The monoisotopic (exact) mass is 201 g/mol. The van der Waals surface area contributed by atoms with Gasteiger partial charge in [0, 0.05) is 26.7 Å². The fourth-order valence-corrected chi connectivity index (χ4v) is 1.55. The minimum atomic E-state index is -0.0618. The van der Waals surface area contributed by atoms with E-state index in [-0.39, 0.29) is 11.9 Å². The first-order valence-electron chi connectivity index (χ1n) is 5.21. The van der Waals surface area contributed by atoms with Crippen LogP contribution in [0.4, 0.5) is 0 Å². The minimum absolute atomic E-state index is 0.0614. The van der Waals surface area contributed by atoms with Crippen LogP contribution in [0.2, 0.25) is 0 Å². The molecule has 0 aliphatic carbocycles. The van der Waals surface area contributed by atoms with Gasteiger partial charge in [-0.1, -0.05) is 0 Å². The molecule has 0 amide bonds. The lowest BCUT2D eigenvalue weighted by Gasteiger charge is -2.20. The van der Waals surface area contributed by atoms with Gasteiger partial charge >= 0.3 is 5.97 Å². The fraction of sp³-hybridized carbons (Fsp3) is 0.900. The molecule has 1 aliphatic heterocycles. The zero-order valence-electron chi connectivity index (χ0n) is 8.75. The van der Waals surface area contributed by atoms with Gasteiger partial charge in [-0.25, -0.2) is 0 Å². The summed E-state index contributed by atoms with van der Waals surface area (Å²) in [5, 5.41) is 3.19. The van der Waals surface area contributed by atoms with Crippen molar-refractivity contribution < 1.29 is 14.3 Å². The van der Waals surface area contributed by atoms with Crippen LogP contribution in [0.25, 0.3) is 0 Å². The van der Waals surface area contributed by atoms with Gasteiger partial charge in [-0.2, -0.15) is 0 Å². The summed E-state index contributed by atoms with van der Waals surface area (Å²) < 4.78 is 9.99. The molecule has 0 spiro atoms. The molecule has 0 radical (unpaired) electrons. The molecule has 1 aliphatic rings. The maximum absolute atomic E-state index is 11.5. The second-order valence-corrected chi connectivity index (χ2v) is 3.56. The summed E-state index contributed by atoms with van der Waals surface area (Å²) in [6, 6.07) is 0. The largest absolute Gasteiger partial charge is 0.465 e. The van der Waals surface area contributed by atoms with E-state index in [1.807, 2.05) is 0 Å². The number of carbonyl (C=O) groups is 1. The highest BCUT2D eigenvalue weighted by Crippen LogP contribution is 2.11. The Kier molecular flexibility index (Phi) is 5.56. The summed E-state index contributed by atoms with van der Waals surface area (Å²) in [5.74, 6) is -0.000372. The van der Waals surface area contributed by atoms with Crippen LogP contribution in [0.3, 0.4) is 0 Å². The van der Waals surface area contributed by atoms with E-state index in [1.54, 1.807) is 7.11 Å². The standard InChI is InChI=1S/C10H19NO3/c1-13-6-3-7-14-10(12)9-4-2-5-11-8-9/h9,11H,2-8H2,1H3/t9-/m1/s1. The second kappa shape index (κ2) is 6.79. The van der Waals surface area contributed by atoms with Crippen molar-refractivity contribution in [2.24, 2.45) is 5.92 Å². The number of hydrogen-bond acceptors (Lipinski definition) is 4. The quantitative estimate of drug-likeness (QED) is 0.521. The molecule has 1 rings (SSSR count). The van der Waals surface area contributed by atoms with Crippen LogP contribution in [0.5, 0.6) is 0 Å². The van der Waals surface area contributed by atoms with Crippen molar-refractivity contribution in [3.8, 4) is 0 Å². The maximum atomic E-state index is 11.5. The summed E-state index contributed by atoms with van der Waals surface area (Å²) in [6.45, 7) is 2.91. The molecule has 0 saturated carbocycles. The van der Waals surface area contributed by atoms with E-state index in [0.717, 1.165) is 32.4 Å². The van der Waals surface area contributed by atoms with Gasteiger partial charge in [0.05, 0.1) is 12.5 Å². The van der Waals surface area contributed by atoms with E-state index in [2.05, 4.69) is 5.32 Å². The Morgan fingerprint density at radius 3 is 3.00 bits per heavy atom. The van der Waals surface area contributed by atoms with Gasteiger partial charge in [0.1, 0.15) is 0 Å². The van der Waals surface area contributed by atoms with Crippen LogP contribution in [-0.4, -0.2) is 39.4 Å². The number of hydrogen-bond donors (Lipinski definition) is 1. The normalized spacial score (nSPS) is 21.9. The van der Waals surface area contributed by atoms with Gasteiger partial charge in [-0.15, -0.1) is 0 Å². The van der Waals surface area contributed by atoms with E-state index in [1.165, 1.54) is 0 Å². The van der Waals surface area contributed by atoms with Crippen LogP contribution in [0.1, 0.15) is 19.3 Å². The van der Waals surface area contributed by atoms with Gasteiger partial charge in [-0.05, 0) is 19.4 Å². The fourth-order valence-electron chi connectivity index (χ4n) is 1.55. The number of carbonyl (C=O) groups excluding carboxylic acids is 1. The molecule has 0 aromatic heterocycles. The predicted molar refractivity (Wildman–Crippen MR) is 53.0 cm³/mol. The molecule has 14 heavy (non-hydrogen) atoms. The third-order valence-corrected chi connectivity index (χ3v) is 2.37. The molecular weight excluding hydrogens is 182 g/mol. The lowest BCUT2D eigenvalue weighted by molar-refractivity contribution is -0.149. The summed E-state index contributed by atoms with van der Waals surface area (Å²) in [4.78, 5) is 11.5. The van der Waals surface area contributed by atoms with Gasteiger partial charge in [0.15, 0.2) is 0 Å². The Labute approximate surface area is 85.0 Å². The van der Waals surface area contributed by atoms with Crippen molar-refractivity contribution in [2.75, 3.05) is 33.4 Å². The molecule has 4 nitrogen and oxygen atoms in total. The number of methoxy groups -OCH3 is 1. The first kappa shape index (κ1) is 11.5. The van der Waals surface area contributed by atoms with Crippen LogP contribution in [-0.2, 0) is 14.3 Å². The van der Waals surface area contributed by atoms with Crippen LogP contribution in [0.15, 0.2) is 0 Å². The summed E-state index contributed by atoms with van der Waals surface area (Å²) in [7, 11) is 1.65. The molecule has 1 atom stereocenters. The third-order valence-electron chi connectivity index (χ3n) is 2.37. The zero-order valence-corrected chi connectivity index (χ0v) is 8.75. The predicted octanol–water partition coefficient (Wildman–Crippen LogP) is 0.566. The number of esters is 1. The topological polar surface area (TPSA) is 47.6 Å². The van der Waals surface area contributed by atoms with E-state index in [0.29, 0.717) is 13.2 Å². The molecule has 0 unspecified atom stereocenters. The zero-order chi connectivity index (χ0) is 10.2. The maximum Gasteiger partial charge on any atom is 0.310 e. The van der Waals surface area contributed by atoms with E-state index < -0.39 is 0 Å². The van der Waals surface area contributed by atoms with E-state index >= 15 is 0 Å². The highest BCUT2D eigenvalue weighted by Gasteiger charge is 2.21. The van der Waals surface area contributed by atoms with Gasteiger partial charge in [-0.3, -0.25) is 4.79 Å². The third kappa shape index (κ3) is 4.07. The Morgan fingerprint density at radius 1 is 1.50 bits per heavy atom. The van der Waals surface area contributed by atoms with Crippen molar-refractivity contribution in [3.05, 3.63) is 0 Å². The molecule has 1 saturated heterocycles. The highest BCUT2D eigenvalue weighted by molar-refractivity contribution is 5.72. The molecule has 4 heteroatoms. The lowest BCUT2D eigenvalue weighted by atomic mass is 10.0. The van der Waals surface area contributed by atoms with Crippen LogP contribution in [0, 0.1) is 5.92 Å². The van der Waals surface area contributed by atoms with Crippen molar-refractivity contribution >= 4 is 5.97 Å². The molecule has 0 aromatic carbocycles. The second-order valence-electron chi connectivity index (χ2n) is 3.56. The smallest absolute Gasteiger partial charge is 0.310 e. The van der Waals surface area contributed by atoms with Crippen molar-refractivity contribution in [2.45, 2.75) is 19.3 Å². The Bertz CT molecular complexity index is 167. The van der Waals surface area contributed by atoms with Crippen molar-refractivity contribution in [1.82, 2.24) is 5.32 Å². The minimum Gasteiger partial charge on any atom is -0.465 e. The Morgan fingerprint density at radius 2 is 2.36 bits per heavy atom. The molecule has 0 bridgehead atoms. The lowest BCUT2D eigenvalue weighted by Crippen LogP contribution is -2.35. The number of piperidine rings is 1. The van der Waals surface area contributed by atoms with Crippen molar-refractivity contribution in [1.29, 1.82) is 0 Å². The highest BCUT2D eigenvalue weighted by atomic mass is 16.5. The first-order chi connectivity index (χ1) is 6.84. The Hall–Kier alpha value is -0.610. The average Bonchev–Trinajstić information content (AvgIpc) is 2.25. The van der Waals surface area contributed by atoms with E-state index in [9.17, 15) is 4.79 Å². The van der Waals surface area contributed by atoms with Gasteiger partial charge in [0.25, 0.3) is 0 Å². The molecule has 0 aromatic rings. The number of nitrogens with one attached hydrogen (secondary N) is 1. The summed E-state index contributed by atoms with van der Waals surface area (Å²) >= 11 is 0. The molecule has 1 fully saturated rings. The Balaban J connectivity index is 2.07. The first-order valence-corrected chi connectivity index (χ1v) is 5.21. The number of rotatable bonds is 5.